The molecule has 1 saturated carbocycles. The zero-order valence-corrected chi connectivity index (χ0v) is 13.3. The van der Waals surface area contributed by atoms with Crippen LogP contribution in [0.2, 0.25) is 5.28 Å². The number of fused-ring (bicyclic) bond motifs is 1. The quantitative estimate of drug-likeness (QED) is 0.820. The second kappa shape index (κ2) is 6.58. The predicted octanol–water partition coefficient (Wildman–Crippen LogP) is 2.29. The summed E-state index contributed by atoms with van der Waals surface area (Å²) in [6.45, 7) is 4.00. The van der Waals surface area contributed by atoms with E-state index in [0.29, 0.717) is 24.0 Å². The second-order valence-electron chi connectivity index (χ2n) is 5.02. The topological polar surface area (TPSA) is 72.9 Å². The number of imidazole rings is 1. The molecule has 6 nitrogen and oxygen atoms in total. The van der Waals surface area contributed by atoms with E-state index in [1.165, 1.54) is 4.57 Å². The summed E-state index contributed by atoms with van der Waals surface area (Å²) in [5, 5.41) is 9.71. The van der Waals surface area contributed by atoms with Crippen LogP contribution >= 0.6 is 11.6 Å². The standard InChI is InChI=1S/C12H15ClN4O2.C2H6/c1-16-9-6-14-11(13)15-10(9)17(12(16)19)7-2-4-8(18)5-3-7;1-2/h6-8,18H,2-5H2,1H3;1-2H3. The number of hydrogen-bond acceptors (Lipinski definition) is 4. The molecule has 1 N–H and O–H groups in total. The Morgan fingerprint density at radius 2 is 1.90 bits per heavy atom. The van der Waals surface area contributed by atoms with Crippen LogP contribution < -0.4 is 5.69 Å². The lowest BCUT2D eigenvalue weighted by molar-refractivity contribution is 0.110. The summed E-state index contributed by atoms with van der Waals surface area (Å²) in [7, 11) is 1.70. The van der Waals surface area contributed by atoms with Gasteiger partial charge in [0.15, 0.2) is 5.65 Å². The average molecular weight is 313 g/mol. The van der Waals surface area contributed by atoms with Crippen molar-refractivity contribution in [3.05, 3.63) is 22.0 Å². The van der Waals surface area contributed by atoms with Crippen LogP contribution in [0.15, 0.2) is 11.0 Å². The number of aliphatic hydroxyl groups is 1. The molecule has 2 aromatic heterocycles. The predicted molar refractivity (Wildman–Crippen MR) is 82.6 cm³/mol. The van der Waals surface area contributed by atoms with Crippen molar-refractivity contribution < 1.29 is 5.11 Å². The highest BCUT2D eigenvalue weighted by Gasteiger charge is 2.25. The molecular formula is C14H21ClN4O2. The summed E-state index contributed by atoms with van der Waals surface area (Å²) in [4.78, 5) is 20.4. The third-order valence-electron chi connectivity index (χ3n) is 3.83. The van der Waals surface area contributed by atoms with E-state index < -0.39 is 0 Å². The van der Waals surface area contributed by atoms with Crippen molar-refractivity contribution in [2.45, 2.75) is 51.7 Å². The van der Waals surface area contributed by atoms with E-state index in [1.54, 1.807) is 17.8 Å². The average Bonchev–Trinajstić information content (AvgIpc) is 2.74. The van der Waals surface area contributed by atoms with Crippen LogP contribution in [0.4, 0.5) is 0 Å². The molecule has 0 bridgehead atoms. The van der Waals surface area contributed by atoms with Crippen molar-refractivity contribution in [3.8, 4) is 0 Å². The summed E-state index contributed by atoms with van der Waals surface area (Å²) in [6.07, 6.45) is 4.31. The van der Waals surface area contributed by atoms with E-state index in [-0.39, 0.29) is 23.1 Å². The first-order valence-electron chi connectivity index (χ1n) is 7.35. The van der Waals surface area contributed by atoms with Gasteiger partial charge in [0.05, 0.1) is 12.3 Å². The molecule has 0 amide bonds. The van der Waals surface area contributed by atoms with Crippen LogP contribution in [-0.4, -0.2) is 30.3 Å². The summed E-state index contributed by atoms with van der Waals surface area (Å²) in [5.74, 6) is 0. The van der Waals surface area contributed by atoms with Crippen molar-refractivity contribution in [1.29, 1.82) is 0 Å². The molecule has 21 heavy (non-hydrogen) atoms. The van der Waals surface area contributed by atoms with Crippen LogP contribution in [0.25, 0.3) is 11.2 Å². The van der Waals surface area contributed by atoms with Crippen LogP contribution in [-0.2, 0) is 7.05 Å². The van der Waals surface area contributed by atoms with Gasteiger partial charge < -0.3 is 5.11 Å². The Balaban J connectivity index is 0.000000774. The highest BCUT2D eigenvalue weighted by atomic mass is 35.5. The number of nitrogens with zero attached hydrogens (tertiary/aromatic N) is 4. The van der Waals surface area contributed by atoms with Crippen molar-refractivity contribution in [2.24, 2.45) is 7.05 Å². The highest BCUT2D eigenvalue weighted by Crippen LogP contribution is 2.29. The van der Waals surface area contributed by atoms with Gasteiger partial charge in [0, 0.05) is 13.1 Å². The first-order valence-corrected chi connectivity index (χ1v) is 7.73. The Morgan fingerprint density at radius 3 is 2.52 bits per heavy atom. The van der Waals surface area contributed by atoms with Gasteiger partial charge in [-0.15, -0.1) is 0 Å². The van der Waals surface area contributed by atoms with Gasteiger partial charge >= 0.3 is 5.69 Å². The SMILES string of the molecule is CC.Cn1c(=O)n(C2CCC(O)CC2)c2nc(Cl)ncc21. The minimum absolute atomic E-state index is 0.0746. The molecule has 2 heterocycles. The van der Waals surface area contributed by atoms with Gasteiger partial charge in [0.25, 0.3) is 0 Å². The zero-order valence-electron chi connectivity index (χ0n) is 12.6. The smallest absolute Gasteiger partial charge is 0.330 e. The van der Waals surface area contributed by atoms with E-state index in [0.717, 1.165) is 12.8 Å². The van der Waals surface area contributed by atoms with Gasteiger partial charge in [0.2, 0.25) is 5.28 Å². The molecule has 2 aromatic rings. The maximum Gasteiger partial charge on any atom is 0.330 e. The lowest BCUT2D eigenvalue weighted by Crippen LogP contribution is -2.30. The van der Waals surface area contributed by atoms with E-state index in [2.05, 4.69) is 9.97 Å². The Morgan fingerprint density at radius 1 is 1.29 bits per heavy atom. The summed E-state index contributed by atoms with van der Waals surface area (Å²) in [6, 6.07) is 0.0746. The van der Waals surface area contributed by atoms with E-state index >= 15 is 0 Å². The van der Waals surface area contributed by atoms with Crippen LogP contribution in [0.3, 0.4) is 0 Å². The minimum atomic E-state index is -0.250. The van der Waals surface area contributed by atoms with E-state index in [1.807, 2.05) is 13.8 Å². The summed E-state index contributed by atoms with van der Waals surface area (Å²) < 4.78 is 3.23. The van der Waals surface area contributed by atoms with Gasteiger partial charge in [-0.1, -0.05) is 13.8 Å². The fourth-order valence-corrected chi connectivity index (χ4v) is 2.89. The van der Waals surface area contributed by atoms with Gasteiger partial charge in [-0.3, -0.25) is 9.13 Å². The molecule has 0 aromatic carbocycles. The molecule has 0 radical (unpaired) electrons. The number of aliphatic hydroxyl groups excluding tert-OH is 1. The van der Waals surface area contributed by atoms with Gasteiger partial charge in [-0.2, -0.15) is 4.98 Å². The highest BCUT2D eigenvalue weighted by molar-refractivity contribution is 6.28. The molecule has 0 unspecified atom stereocenters. The number of halogens is 1. The maximum absolute atomic E-state index is 12.3. The summed E-state index contributed by atoms with van der Waals surface area (Å²) >= 11 is 5.83. The molecular weight excluding hydrogens is 292 g/mol. The normalized spacial score (nSPS) is 22.0. The third-order valence-corrected chi connectivity index (χ3v) is 4.02. The molecule has 116 valence electrons. The van der Waals surface area contributed by atoms with Crippen LogP contribution in [0.5, 0.6) is 0 Å². The number of aryl methyl sites for hydroxylation is 1. The van der Waals surface area contributed by atoms with Gasteiger partial charge in [-0.05, 0) is 37.3 Å². The Labute approximate surface area is 128 Å². The van der Waals surface area contributed by atoms with Crippen molar-refractivity contribution in [2.75, 3.05) is 0 Å². The monoisotopic (exact) mass is 312 g/mol. The van der Waals surface area contributed by atoms with Crippen molar-refractivity contribution in [3.63, 3.8) is 0 Å². The molecule has 1 aliphatic carbocycles. The van der Waals surface area contributed by atoms with Crippen LogP contribution in [0, 0.1) is 0 Å². The van der Waals surface area contributed by atoms with Gasteiger partial charge in [-0.25, -0.2) is 9.78 Å². The second-order valence-corrected chi connectivity index (χ2v) is 5.36. The third kappa shape index (κ3) is 2.96. The minimum Gasteiger partial charge on any atom is -0.393 e. The number of rotatable bonds is 1. The molecule has 0 atom stereocenters. The Bertz CT molecular complexity index is 671. The van der Waals surface area contributed by atoms with E-state index in [9.17, 15) is 9.90 Å². The zero-order chi connectivity index (χ0) is 15.6. The molecule has 0 saturated heterocycles. The van der Waals surface area contributed by atoms with E-state index in [4.69, 9.17) is 11.6 Å². The fourth-order valence-electron chi connectivity index (χ4n) is 2.76. The Kier molecular flexibility index (Phi) is 5.00. The Hall–Kier alpha value is -1.40. The van der Waals surface area contributed by atoms with Crippen molar-refractivity contribution in [1.82, 2.24) is 19.1 Å². The molecule has 0 spiro atoms. The lowest BCUT2D eigenvalue weighted by atomic mass is 9.93. The first-order chi connectivity index (χ1) is 10.1. The fraction of sp³-hybridized carbons (Fsp3) is 0.643. The first kappa shape index (κ1) is 16.0. The van der Waals surface area contributed by atoms with Crippen molar-refractivity contribution >= 4 is 22.8 Å². The molecule has 3 rings (SSSR count). The number of hydrogen-bond donors (Lipinski definition) is 1. The summed E-state index contributed by atoms with van der Waals surface area (Å²) in [5.41, 5.74) is 1.15. The van der Waals surface area contributed by atoms with Crippen LogP contribution in [0.1, 0.15) is 45.6 Å². The molecule has 7 heteroatoms. The molecule has 1 aliphatic rings. The molecule has 1 fully saturated rings. The number of aromatic nitrogens is 4. The molecule has 0 aliphatic heterocycles. The maximum atomic E-state index is 12.3. The largest absolute Gasteiger partial charge is 0.393 e. The van der Waals surface area contributed by atoms with Gasteiger partial charge in [0.1, 0.15) is 5.52 Å². The lowest BCUT2D eigenvalue weighted by Gasteiger charge is -2.25.